The van der Waals surface area contributed by atoms with Gasteiger partial charge >= 0.3 is 0 Å². The second kappa shape index (κ2) is 9.78. The Morgan fingerprint density at radius 2 is 1.13 bits per heavy atom. The fraction of sp³-hybridized carbons (Fsp3) is 0.0769. The molecule has 2 heterocycles. The lowest BCUT2D eigenvalue weighted by Crippen LogP contribution is -2.23. The molecule has 2 aromatic carbocycles. The van der Waals surface area contributed by atoms with Crippen molar-refractivity contribution in [2.24, 2.45) is 0 Å². The summed E-state index contributed by atoms with van der Waals surface area (Å²) < 4.78 is 67.2. The summed E-state index contributed by atoms with van der Waals surface area (Å²) in [6.45, 7) is -0.133. The van der Waals surface area contributed by atoms with Gasteiger partial charge in [-0.3, -0.25) is 0 Å². The van der Waals surface area contributed by atoms with Crippen molar-refractivity contribution in [2.75, 3.05) is 0 Å². The minimum atomic E-state index is -3.98. The molecule has 10 nitrogen and oxygen atoms in total. The lowest BCUT2D eigenvalue weighted by atomic mass is 9.99. The topological polar surface area (TPSA) is 166 Å². The van der Waals surface area contributed by atoms with E-state index in [2.05, 4.69) is 9.44 Å². The monoisotopic (exact) mass is 546 g/mol. The average Bonchev–Trinajstić information content (AvgIpc) is 3.68. The van der Waals surface area contributed by atoms with Crippen LogP contribution in [0.2, 0.25) is 0 Å². The van der Waals surface area contributed by atoms with Gasteiger partial charge < -0.3 is 8.83 Å². The van der Waals surface area contributed by atoms with Crippen molar-refractivity contribution < 1.29 is 25.7 Å². The van der Waals surface area contributed by atoms with Crippen LogP contribution in [0.4, 0.5) is 0 Å². The molecule has 2 aromatic heterocycles. The van der Waals surface area contributed by atoms with E-state index in [1.54, 1.807) is 36.4 Å². The van der Waals surface area contributed by atoms with Crippen LogP contribution in [0.15, 0.2) is 97.4 Å². The van der Waals surface area contributed by atoms with Crippen LogP contribution in [-0.4, -0.2) is 16.8 Å². The molecular formula is C26H18N4O6S2. The molecule has 0 fully saturated rings. The lowest BCUT2D eigenvalue weighted by Gasteiger charge is -2.09. The van der Waals surface area contributed by atoms with Gasteiger partial charge in [0.15, 0.2) is 0 Å². The summed E-state index contributed by atoms with van der Waals surface area (Å²) in [4.78, 5) is -0.174. The van der Waals surface area contributed by atoms with Gasteiger partial charge in [-0.05, 0) is 70.8 Å². The van der Waals surface area contributed by atoms with Crippen LogP contribution in [0.25, 0.3) is 16.7 Å². The maximum Gasteiger partial charge on any atom is 0.240 e. The SMILES string of the molecule is N#CC(C#N)=C1c2cc(S(=O)(=O)NCc3ccco3)ccc2-c2ccc(S(=O)(=O)NCc3ccco3)cc21. The minimum Gasteiger partial charge on any atom is -0.468 e. The van der Waals surface area contributed by atoms with Crippen molar-refractivity contribution in [1.29, 1.82) is 10.5 Å². The molecule has 0 spiro atoms. The van der Waals surface area contributed by atoms with Gasteiger partial charge in [0.05, 0.1) is 35.4 Å². The van der Waals surface area contributed by atoms with Crippen molar-refractivity contribution in [3.8, 4) is 23.3 Å². The molecular weight excluding hydrogens is 528 g/mol. The summed E-state index contributed by atoms with van der Waals surface area (Å²) in [7, 11) is -7.96. The molecule has 2 N–H and O–H groups in total. The first kappa shape index (κ1) is 25.2. The summed E-state index contributed by atoms with van der Waals surface area (Å²) in [5.41, 5.74) is 1.67. The summed E-state index contributed by atoms with van der Waals surface area (Å²) in [5.74, 6) is 0.849. The minimum absolute atomic E-state index is 0.0663. The van der Waals surface area contributed by atoms with Crippen molar-refractivity contribution in [3.63, 3.8) is 0 Å². The van der Waals surface area contributed by atoms with Gasteiger partial charge in [-0.25, -0.2) is 26.3 Å². The van der Waals surface area contributed by atoms with Gasteiger partial charge in [0, 0.05) is 5.57 Å². The Morgan fingerprint density at radius 1 is 0.684 bits per heavy atom. The second-order valence-electron chi connectivity index (χ2n) is 8.20. The van der Waals surface area contributed by atoms with Crippen LogP contribution < -0.4 is 9.44 Å². The zero-order valence-electron chi connectivity index (χ0n) is 19.5. The number of furan rings is 2. The first-order chi connectivity index (χ1) is 18.2. The van der Waals surface area contributed by atoms with E-state index in [0.29, 0.717) is 33.8 Å². The number of nitrogens with zero attached hydrogens (tertiary/aromatic N) is 2. The highest BCUT2D eigenvalue weighted by Gasteiger charge is 2.30. The number of rotatable bonds is 8. The Bertz CT molecular complexity index is 1720. The zero-order chi connectivity index (χ0) is 26.9. The normalized spacial score (nSPS) is 12.4. The molecule has 12 heteroatoms. The van der Waals surface area contributed by atoms with Crippen LogP contribution >= 0.6 is 0 Å². The van der Waals surface area contributed by atoms with Crippen molar-refractivity contribution in [2.45, 2.75) is 22.9 Å². The predicted octanol–water partition coefficient (Wildman–Crippen LogP) is 3.66. The van der Waals surface area contributed by atoms with E-state index in [-0.39, 0.29) is 34.0 Å². The average molecular weight is 547 g/mol. The first-order valence-corrected chi connectivity index (χ1v) is 14.1. The zero-order valence-corrected chi connectivity index (χ0v) is 21.1. The van der Waals surface area contributed by atoms with Crippen LogP contribution in [0.1, 0.15) is 22.6 Å². The highest BCUT2D eigenvalue weighted by molar-refractivity contribution is 7.89. The third-order valence-electron chi connectivity index (χ3n) is 5.94. The number of allylic oxidation sites excluding steroid dienone is 1. The third-order valence-corrected chi connectivity index (χ3v) is 8.74. The molecule has 190 valence electrons. The molecule has 1 aliphatic rings. The van der Waals surface area contributed by atoms with E-state index in [1.807, 2.05) is 12.1 Å². The molecule has 0 aliphatic heterocycles. The van der Waals surface area contributed by atoms with Crippen LogP contribution in [0.3, 0.4) is 0 Å². The molecule has 0 amide bonds. The Kier molecular flexibility index (Phi) is 6.48. The highest BCUT2D eigenvalue weighted by Crippen LogP contribution is 2.47. The maximum absolute atomic E-state index is 13.0. The van der Waals surface area contributed by atoms with E-state index in [1.165, 1.54) is 36.8 Å². The molecule has 1 aliphatic carbocycles. The molecule has 0 saturated heterocycles. The molecule has 38 heavy (non-hydrogen) atoms. The largest absolute Gasteiger partial charge is 0.468 e. The Labute approximate surface area is 218 Å². The number of hydrogen-bond acceptors (Lipinski definition) is 8. The Hall–Kier alpha value is -4.46. The van der Waals surface area contributed by atoms with Gasteiger partial charge in [0.1, 0.15) is 29.2 Å². The van der Waals surface area contributed by atoms with Crippen molar-refractivity contribution >= 4 is 25.6 Å². The van der Waals surface area contributed by atoms with Crippen LogP contribution in [-0.2, 0) is 33.1 Å². The van der Waals surface area contributed by atoms with Crippen LogP contribution in [0, 0.1) is 22.7 Å². The number of hydrogen-bond donors (Lipinski definition) is 2. The lowest BCUT2D eigenvalue weighted by molar-refractivity contribution is 0.498. The number of benzene rings is 2. The maximum atomic E-state index is 13.0. The Balaban J connectivity index is 1.55. The summed E-state index contributed by atoms with van der Waals surface area (Å²) in [6, 6.07) is 18.9. The van der Waals surface area contributed by atoms with Gasteiger partial charge in [0.2, 0.25) is 20.0 Å². The quantitative estimate of drug-likeness (QED) is 0.278. The number of nitrogens with one attached hydrogen (secondary N) is 2. The van der Waals surface area contributed by atoms with Crippen molar-refractivity contribution in [1.82, 2.24) is 9.44 Å². The van der Waals surface area contributed by atoms with Gasteiger partial charge in [0.25, 0.3) is 0 Å². The molecule has 0 saturated carbocycles. The van der Waals surface area contributed by atoms with E-state index < -0.39 is 20.0 Å². The van der Waals surface area contributed by atoms with E-state index in [9.17, 15) is 27.4 Å². The fourth-order valence-corrected chi connectivity index (χ4v) is 6.18. The van der Waals surface area contributed by atoms with E-state index in [0.717, 1.165) is 0 Å². The first-order valence-electron chi connectivity index (χ1n) is 11.1. The van der Waals surface area contributed by atoms with Gasteiger partial charge in [-0.2, -0.15) is 10.5 Å². The summed E-state index contributed by atoms with van der Waals surface area (Å²) in [5, 5.41) is 19.3. The van der Waals surface area contributed by atoms with E-state index >= 15 is 0 Å². The van der Waals surface area contributed by atoms with Gasteiger partial charge in [-0.15, -0.1) is 0 Å². The molecule has 5 rings (SSSR count). The molecule has 0 bridgehead atoms. The number of nitriles is 2. The third kappa shape index (κ3) is 4.65. The molecule has 4 aromatic rings. The number of sulfonamides is 2. The standard InChI is InChI=1S/C26H18N4O6S2/c27-13-17(14-28)26-24-11-20(37(31,32)29-15-18-3-1-9-35-18)5-7-22(24)23-8-6-21(12-25(23)26)38(33,34)30-16-19-4-2-10-36-19/h1-12,29-30H,15-16H2. The fourth-order valence-electron chi connectivity index (χ4n) is 4.14. The number of fused-ring (bicyclic) bond motifs is 3. The van der Waals surface area contributed by atoms with Gasteiger partial charge in [-0.1, -0.05) is 12.1 Å². The second-order valence-corrected chi connectivity index (χ2v) is 11.7. The smallest absolute Gasteiger partial charge is 0.240 e. The molecule has 0 radical (unpaired) electrons. The Morgan fingerprint density at radius 3 is 1.50 bits per heavy atom. The molecule has 0 atom stereocenters. The molecule has 0 unspecified atom stereocenters. The highest BCUT2D eigenvalue weighted by atomic mass is 32.2. The van der Waals surface area contributed by atoms with Crippen LogP contribution in [0.5, 0.6) is 0 Å². The van der Waals surface area contributed by atoms with Crippen molar-refractivity contribution in [3.05, 3.63) is 101 Å². The summed E-state index contributed by atoms with van der Waals surface area (Å²) in [6.07, 6.45) is 2.86. The predicted molar refractivity (Wildman–Crippen MR) is 135 cm³/mol. The van der Waals surface area contributed by atoms with E-state index in [4.69, 9.17) is 8.83 Å². The summed E-state index contributed by atoms with van der Waals surface area (Å²) >= 11 is 0.